The van der Waals surface area contributed by atoms with Gasteiger partial charge in [-0.1, -0.05) is 17.7 Å². The van der Waals surface area contributed by atoms with Gasteiger partial charge in [-0.2, -0.15) is 0 Å². The lowest BCUT2D eigenvalue weighted by molar-refractivity contribution is -0.111. The predicted molar refractivity (Wildman–Crippen MR) is 115 cm³/mol. The molecule has 0 bridgehead atoms. The maximum atomic E-state index is 12.5. The fraction of sp³-hybridized carbons (Fsp3) is 0.0476. The Morgan fingerprint density at radius 3 is 2.50 bits per heavy atom. The van der Waals surface area contributed by atoms with Gasteiger partial charge in [-0.05, 0) is 54.6 Å². The molecule has 9 heteroatoms. The summed E-state index contributed by atoms with van der Waals surface area (Å²) < 4.78 is 28.4. The van der Waals surface area contributed by atoms with Gasteiger partial charge >= 0.3 is 0 Å². The van der Waals surface area contributed by atoms with Gasteiger partial charge in [0.15, 0.2) is 9.84 Å². The molecule has 3 rings (SSSR count). The van der Waals surface area contributed by atoms with Gasteiger partial charge in [0, 0.05) is 23.6 Å². The molecule has 2 aromatic carbocycles. The molecule has 30 heavy (non-hydrogen) atoms. The Bertz CT molecular complexity index is 1220. The van der Waals surface area contributed by atoms with Crippen molar-refractivity contribution in [1.29, 1.82) is 0 Å². The molecule has 0 aliphatic carbocycles. The van der Waals surface area contributed by atoms with E-state index in [1.807, 2.05) is 0 Å². The lowest BCUT2D eigenvalue weighted by Gasteiger charge is -2.10. The summed E-state index contributed by atoms with van der Waals surface area (Å²) in [4.78, 5) is 24.5. The van der Waals surface area contributed by atoms with Crippen LogP contribution in [-0.2, 0) is 14.6 Å². The molecule has 0 aliphatic heterocycles. The molecular weight excluding hydrogens is 428 g/mol. The van der Waals surface area contributed by atoms with E-state index < -0.39 is 15.7 Å². The normalized spacial score (nSPS) is 11.4. The largest absolute Gasteiger partial charge is 0.465 e. The van der Waals surface area contributed by atoms with Crippen molar-refractivity contribution in [1.82, 2.24) is 0 Å². The molecule has 2 amide bonds. The molecule has 0 radical (unpaired) electrons. The molecule has 1 aromatic heterocycles. The number of hydrogen-bond acceptors (Lipinski definition) is 5. The molecule has 1 heterocycles. The molecule has 0 atom stereocenters. The summed E-state index contributed by atoms with van der Waals surface area (Å²) in [6.45, 7) is 0. The van der Waals surface area contributed by atoms with E-state index in [9.17, 15) is 18.0 Å². The summed E-state index contributed by atoms with van der Waals surface area (Å²) in [7, 11) is -3.43. The van der Waals surface area contributed by atoms with Crippen LogP contribution in [0.15, 0.2) is 76.2 Å². The number of carbonyl (C=O) groups excluding carboxylic acids is 2. The number of benzene rings is 2. The fourth-order valence-electron chi connectivity index (χ4n) is 2.48. The minimum atomic E-state index is -3.43. The highest BCUT2D eigenvalue weighted by atomic mass is 35.5. The Balaban J connectivity index is 1.68. The molecule has 0 saturated carbocycles. The van der Waals surface area contributed by atoms with Crippen molar-refractivity contribution in [2.45, 2.75) is 4.90 Å². The summed E-state index contributed by atoms with van der Waals surface area (Å²) in [6.07, 6.45) is 5.41. The zero-order valence-corrected chi connectivity index (χ0v) is 17.3. The molecule has 0 spiro atoms. The monoisotopic (exact) mass is 444 g/mol. The van der Waals surface area contributed by atoms with E-state index in [1.165, 1.54) is 54.8 Å². The minimum absolute atomic E-state index is 0.0434. The molecule has 154 valence electrons. The van der Waals surface area contributed by atoms with E-state index in [-0.39, 0.29) is 21.4 Å². The molecule has 0 fully saturated rings. The highest BCUT2D eigenvalue weighted by molar-refractivity contribution is 7.90. The van der Waals surface area contributed by atoms with E-state index in [2.05, 4.69) is 10.6 Å². The van der Waals surface area contributed by atoms with Crippen LogP contribution in [0.4, 0.5) is 11.4 Å². The first kappa shape index (κ1) is 21.4. The van der Waals surface area contributed by atoms with Gasteiger partial charge < -0.3 is 15.1 Å². The number of rotatable bonds is 6. The van der Waals surface area contributed by atoms with E-state index in [4.69, 9.17) is 16.0 Å². The number of hydrogen-bond donors (Lipinski definition) is 2. The van der Waals surface area contributed by atoms with Gasteiger partial charge in [0.1, 0.15) is 5.76 Å². The molecular formula is C21H17ClN2O5S. The van der Waals surface area contributed by atoms with Crippen molar-refractivity contribution in [3.05, 3.63) is 83.3 Å². The van der Waals surface area contributed by atoms with Crippen LogP contribution >= 0.6 is 11.6 Å². The van der Waals surface area contributed by atoms with Crippen molar-refractivity contribution in [2.24, 2.45) is 0 Å². The maximum absolute atomic E-state index is 12.5. The number of halogens is 1. The number of sulfone groups is 1. The maximum Gasteiger partial charge on any atom is 0.255 e. The average Bonchev–Trinajstić information content (AvgIpc) is 3.21. The molecule has 3 aromatic rings. The van der Waals surface area contributed by atoms with Gasteiger partial charge in [-0.15, -0.1) is 0 Å². The average molecular weight is 445 g/mol. The van der Waals surface area contributed by atoms with E-state index in [1.54, 1.807) is 18.2 Å². The summed E-state index contributed by atoms with van der Waals surface area (Å²) in [6, 6.07) is 13.7. The van der Waals surface area contributed by atoms with Crippen LogP contribution in [0.2, 0.25) is 5.02 Å². The van der Waals surface area contributed by atoms with E-state index >= 15 is 0 Å². The van der Waals surface area contributed by atoms with Gasteiger partial charge in [-0.3, -0.25) is 9.59 Å². The van der Waals surface area contributed by atoms with Gasteiger partial charge in [-0.25, -0.2) is 8.42 Å². The second kappa shape index (κ2) is 8.98. The lowest BCUT2D eigenvalue weighted by atomic mass is 10.2. The summed E-state index contributed by atoms with van der Waals surface area (Å²) >= 11 is 6.21. The van der Waals surface area contributed by atoms with Gasteiger partial charge in [0.05, 0.1) is 21.9 Å². The fourth-order valence-corrected chi connectivity index (χ4v) is 3.38. The Morgan fingerprint density at radius 2 is 1.83 bits per heavy atom. The van der Waals surface area contributed by atoms with Crippen LogP contribution in [0.25, 0.3) is 6.08 Å². The summed E-state index contributed by atoms with van der Waals surface area (Å²) in [5, 5.41) is 5.48. The second-order valence-electron chi connectivity index (χ2n) is 6.29. The number of anilines is 2. The van der Waals surface area contributed by atoms with Crippen molar-refractivity contribution in [2.75, 3.05) is 16.9 Å². The quantitative estimate of drug-likeness (QED) is 0.553. The molecule has 0 aliphatic rings. The lowest BCUT2D eigenvalue weighted by Crippen LogP contribution is -2.13. The van der Waals surface area contributed by atoms with Crippen molar-refractivity contribution < 1.29 is 22.4 Å². The van der Waals surface area contributed by atoms with Crippen LogP contribution in [0, 0.1) is 0 Å². The first-order valence-electron chi connectivity index (χ1n) is 8.66. The molecule has 2 N–H and O–H groups in total. The van der Waals surface area contributed by atoms with E-state index in [0.717, 1.165) is 6.26 Å². The topological polar surface area (TPSA) is 105 Å². The number of nitrogens with one attached hydrogen (secondary N) is 2. The minimum Gasteiger partial charge on any atom is -0.465 e. The van der Waals surface area contributed by atoms with Gasteiger partial charge in [0.25, 0.3) is 5.91 Å². The second-order valence-corrected chi connectivity index (χ2v) is 8.71. The summed E-state index contributed by atoms with van der Waals surface area (Å²) in [5.41, 5.74) is 0.927. The standard InChI is InChI=1S/C21H17ClN2O5S/c1-30(27,28)17-6-2-4-14(12-17)21(26)24-19-9-7-15(13-18(19)22)23-20(25)10-8-16-5-3-11-29-16/h2-13H,1H3,(H,23,25)(H,24,26)/b10-8+. The molecule has 7 nitrogen and oxygen atoms in total. The number of carbonyl (C=O) groups is 2. The number of furan rings is 1. The first-order valence-corrected chi connectivity index (χ1v) is 10.9. The Kier molecular flexibility index (Phi) is 6.39. The van der Waals surface area contributed by atoms with E-state index in [0.29, 0.717) is 17.1 Å². The van der Waals surface area contributed by atoms with Crippen molar-refractivity contribution in [3.8, 4) is 0 Å². The smallest absolute Gasteiger partial charge is 0.255 e. The van der Waals surface area contributed by atoms with Crippen molar-refractivity contribution in [3.63, 3.8) is 0 Å². The zero-order chi connectivity index (χ0) is 21.7. The van der Waals surface area contributed by atoms with Crippen LogP contribution in [0.1, 0.15) is 16.1 Å². The third kappa shape index (κ3) is 5.59. The SMILES string of the molecule is CS(=O)(=O)c1cccc(C(=O)Nc2ccc(NC(=O)/C=C/c3ccco3)cc2Cl)c1. The first-order chi connectivity index (χ1) is 14.2. The van der Waals surface area contributed by atoms with Crippen LogP contribution in [0.3, 0.4) is 0 Å². The third-order valence-electron chi connectivity index (χ3n) is 3.95. The third-order valence-corrected chi connectivity index (χ3v) is 5.37. The Labute approximate surface area is 178 Å². The van der Waals surface area contributed by atoms with Crippen LogP contribution < -0.4 is 10.6 Å². The summed E-state index contributed by atoms with van der Waals surface area (Å²) in [5.74, 6) is -0.349. The predicted octanol–water partition coefficient (Wildman–Crippen LogP) is 4.24. The highest BCUT2D eigenvalue weighted by Crippen LogP contribution is 2.26. The molecule has 0 saturated heterocycles. The van der Waals surface area contributed by atoms with Gasteiger partial charge in [0.2, 0.25) is 5.91 Å². The highest BCUT2D eigenvalue weighted by Gasteiger charge is 2.13. The van der Waals surface area contributed by atoms with Crippen molar-refractivity contribution >= 4 is 50.7 Å². The number of amides is 2. The van der Waals surface area contributed by atoms with Crippen LogP contribution in [-0.4, -0.2) is 26.5 Å². The Morgan fingerprint density at radius 1 is 1.03 bits per heavy atom. The van der Waals surface area contributed by atoms with Crippen LogP contribution in [0.5, 0.6) is 0 Å². The Hall–Kier alpha value is -3.36. The zero-order valence-electron chi connectivity index (χ0n) is 15.8. The molecule has 0 unspecified atom stereocenters.